The number of benzene rings is 2. The van der Waals surface area contributed by atoms with Gasteiger partial charge in [0.2, 0.25) is 0 Å². The lowest BCUT2D eigenvalue weighted by atomic mass is 9.86. The van der Waals surface area contributed by atoms with Gasteiger partial charge in [0.25, 0.3) is 0 Å². The van der Waals surface area contributed by atoms with Crippen LogP contribution in [-0.2, 0) is 12.0 Å². The largest absolute Gasteiger partial charge is 0.348 e. The summed E-state index contributed by atoms with van der Waals surface area (Å²) in [6, 6.07) is 18.8. The van der Waals surface area contributed by atoms with Gasteiger partial charge in [-0.15, -0.1) is 0 Å². The lowest BCUT2D eigenvalue weighted by molar-refractivity contribution is 0.182. The molecular formula is C26H31N3O. The van der Waals surface area contributed by atoms with Crippen molar-refractivity contribution in [3.63, 3.8) is 0 Å². The number of nitrogens with one attached hydrogen (secondary N) is 1. The minimum Gasteiger partial charge on any atom is -0.348 e. The number of carbonyl (C=O) groups excluding carboxylic acids is 1. The van der Waals surface area contributed by atoms with Crippen LogP contribution < -0.4 is 5.32 Å². The van der Waals surface area contributed by atoms with E-state index < -0.39 is 0 Å². The zero-order valence-electron chi connectivity index (χ0n) is 18.6. The van der Waals surface area contributed by atoms with Crippen molar-refractivity contribution >= 4 is 11.7 Å². The summed E-state index contributed by atoms with van der Waals surface area (Å²) in [6.07, 6.45) is 2.10. The molecule has 0 radical (unpaired) electrons. The first kappa shape index (κ1) is 20.3. The lowest BCUT2D eigenvalue weighted by Gasteiger charge is -2.37. The number of fused-ring (bicyclic) bond motifs is 1. The fourth-order valence-electron chi connectivity index (χ4n) is 4.19. The molecule has 1 aromatic heterocycles. The Morgan fingerprint density at radius 1 is 0.967 bits per heavy atom. The highest BCUT2D eigenvalue weighted by atomic mass is 16.2. The molecule has 3 aromatic rings. The molecule has 4 rings (SSSR count). The third-order valence-electron chi connectivity index (χ3n) is 6.24. The lowest BCUT2D eigenvalue weighted by Crippen LogP contribution is -2.44. The van der Waals surface area contributed by atoms with E-state index >= 15 is 0 Å². The molecular weight excluding hydrogens is 370 g/mol. The van der Waals surface area contributed by atoms with E-state index in [-0.39, 0.29) is 17.5 Å². The predicted molar refractivity (Wildman–Crippen MR) is 123 cm³/mol. The Morgan fingerprint density at radius 3 is 2.40 bits per heavy atom. The molecule has 0 unspecified atom stereocenters. The minimum absolute atomic E-state index is 0.0546. The second kappa shape index (κ2) is 7.67. The molecule has 1 aliphatic heterocycles. The summed E-state index contributed by atoms with van der Waals surface area (Å²) >= 11 is 0. The Morgan fingerprint density at radius 2 is 1.70 bits per heavy atom. The van der Waals surface area contributed by atoms with Gasteiger partial charge >= 0.3 is 6.03 Å². The number of hydrogen-bond donors (Lipinski definition) is 1. The fraction of sp³-hybridized carbons (Fsp3) is 0.346. The number of anilines is 1. The van der Waals surface area contributed by atoms with Crippen LogP contribution in [-0.4, -0.2) is 22.0 Å². The summed E-state index contributed by atoms with van der Waals surface area (Å²) in [7, 11) is 0. The number of rotatable bonds is 2. The Bertz CT molecular complexity index is 1060. The number of aryl methyl sites for hydroxylation is 1. The molecule has 4 heteroatoms. The molecule has 0 saturated carbocycles. The van der Waals surface area contributed by atoms with Gasteiger partial charge in [-0.3, -0.25) is 0 Å². The third kappa shape index (κ3) is 3.74. The summed E-state index contributed by atoms with van der Waals surface area (Å²) in [6.45, 7) is 12.3. The molecule has 0 bridgehead atoms. The van der Waals surface area contributed by atoms with Gasteiger partial charge in [-0.25, -0.2) is 4.79 Å². The number of hydrogen-bond acceptors (Lipinski definition) is 1. The number of aromatic nitrogens is 1. The van der Waals surface area contributed by atoms with Crippen LogP contribution in [0.1, 0.15) is 54.8 Å². The van der Waals surface area contributed by atoms with Gasteiger partial charge in [0.1, 0.15) is 0 Å². The molecule has 1 N–H and O–H groups in total. The molecule has 156 valence electrons. The van der Waals surface area contributed by atoms with Crippen molar-refractivity contribution < 1.29 is 4.79 Å². The normalized spacial score (nSPS) is 16.3. The molecule has 0 aliphatic carbocycles. The monoisotopic (exact) mass is 401 g/mol. The Hall–Kier alpha value is -3.01. The fourth-order valence-corrected chi connectivity index (χ4v) is 4.19. The molecule has 2 aromatic carbocycles. The van der Waals surface area contributed by atoms with Gasteiger partial charge in [-0.1, -0.05) is 57.2 Å². The van der Waals surface area contributed by atoms with Crippen LogP contribution in [0.5, 0.6) is 0 Å². The molecule has 30 heavy (non-hydrogen) atoms. The van der Waals surface area contributed by atoms with Crippen LogP contribution in [0.25, 0.3) is 0 Å². The van der Waals surface area contributed by atoms with Crippen LogP contribution in [0.3, 0.4) is 0 Å². The highest BCUT2D eigenvalue weighted by molar-refractivity contribution is 5.91. The highest BCUT2D eigenvalue weighted by Crippen LogP contribution is 2.34. The zero-order valence-corrected chi connectivity index (χ0v) is 18.6. The van der Waals surface area contributed by atoms with E-state index in [2.05, 4.69) is 93.2 Å². The summed E-state index contributed by atoms with van der Waals surface area (Å²) < 4.78 is 2.25. The van der Waals surface area contributed by atoms with Crippen LogP contribution >= 0.6 is 0 Å². The van der Waals surface area contributed by atoms with Crippen molar-refractivity contribution in [1.82, 2.24) is 9.47 Å². The second-order valence-electron chi connectivity index (χ2n) is 9.27. The standard InChI is InChI=1S/C26H31N3O/c1-18-8-6-9-22(19(18)2)27-25(30)29-17-16-28-15-7-10-23(28)24(29)20-11-13-21(14-12-20)26(3,4)5/h6-15,24H,16-17H2,1-5H3,(H,27,30)/t24-/m0/s1. The summed E-state index contributed by atoms with van der Waals surface area (Å²) in [5, 5.41) is 3.16. The SMILES string of the molecule is Cc1cccc(NC(=O)N2CCn3cccc3[C@@H]2c2ccc(C(C)(C)C)cc2)c1C. The van der Waals surface area contributed by atoms with Crippen molar-refractivity contribution in [3.05, 3.63) is 88.7 Å². The summed E-state index contributed by atoms with van der Waals surface area (Å²) in [5.74, 6) is 0. The maximum absolute atomic E-state index is 13.4. The van der Waals surface area contributed by atoms with Gasteiger partial charge in [0, 0.05) is 30.7 Å². The van der Waals surface area contributed by atoms with Crippen LogP contribution in [0.4, 0.5) is 10.5 Å². The van der Waals surface area contributed by atoms with E-state index in [1.165, 1.54) is 11.1 Å². The average Bonchev–Trinajstić information content (AvgIpc) is 3.19. The number of urea groups is 1. The topological polar surface area (TPSA) is 37.3 Å². The van der Waals surface area contributed by atoms with E-state index in [4.69, 9.17) is 0 Å². The van der Waals surface area contributed by atoms with Crippen LogP contribution in [0.15, 0.2) is 60.8 Å². The Labute approximate surface area is 179 Å². The van der Waals surface area contributed by atoms with Gasteiger partial charge in [-0.05, 0) is 59.7 Å². The number of amides is 2. The van der Waals surface area contributed by atoms with E-state index in [9.17, 15) is 4.79 Å². The Kier molecular flexibility index (Phi) is 5.19. The van der Waals surface area contributed by atoms with Crippen LogP contribution in [0, 0.1) is 13.8 Å². The quantitative estimate of drug-likeness (QED) is 0.558. The molecule has 1 atom stereocenters. The summed E-state index contributed by atoms with van der Waals surface area (Å²) in [5.41, 5.74) is 6.85. The third-order valence-corrected chi connectivity index (χ3v) is 6.24. The van der Waals surface area contributed by atoms with E-state index in [1.54, 1.807) is 0 Å². The van der Waals surface area contributed by atoms with Crippen molar-refractivity contribution in [2.75, 3.05) is 11.9 Å². The van der Waals surface area contributed by atoms with E-state index in [0.29, 0.717) is 6.54 Å². The summed E-state index contributed by atoms with van der Waals surface area (Å²) in [4.78, 5) is 15.3. The van der Waals surface area contributed by atoms with Crippen molar-refractivity contribution in [3.8, 4) is 0 Å². The molecule has 2 heterocycles. The second-order valence-corrected chi connectivity index (χ2v) is 9.27. The van der Waals surface area contributed by atoms with E-state index in [0.717, 1.165) is 29.1 Å². The smallest absolute Gasteiger partial charge is 0.322 e. The van der Waals surface area contributed by atoms with Gasteiger partial charge in [0.15, 0.2) is 0 Å². The molecule has 1 aliphatic rings. The zero-order chi connectivity index (χ0) is 21.5. The molecule has 2 amide bonds. The highest BCUT2D eigenvalue weighted by Gasteiger charge is 2.32. The first-order chi connectivity index (χ1) is 14.3. The molecule has 0 spiro atoms. The molecule has 0 fully saturated rings. The van der Waals surface area contributed by atoms with Crippen LogP contribution in [0.2, 0.25) is 0 Å². The first-order valence-corrected chi connectivity index (χ1v) is 10.6. The number of nitrogens with zero attached hydrogens (tertiary/aromatic N) is 2. The van der Waals surface area contributed by atoms with Crippen molar-refractivity contribution in [2.24, 2.45) is 0 Å². The average molecular weight is 402 g/mol. The predicted octanol–water partition coefficient (Wildman–Crippen LogP) is 6.04. The molecule has 0 saturated heterocycles. The first-order valence-electron chi connectivity index (χ1n) is 10.6. The van der Waals surface area contributed by atoms with Crippen molar-refractivity contribution in [2.45, 2.75) is 52.6 Å². The maximum atomic E-state index is 13.4. The molecule has 4 nitrogen and oxygen atoms in total. The Balaban J connectivity index is 1.68. The van der Waals surface area contributed by atoms with Gasteiger partial charge in [-0.2, -0.15) is 0 Å². The van der Waals surface area contributed by atoms with Gasteiger partial charge < -0.3 is 14.8 Å². The van der Waals surface area contributed by atoms with E-state index in [1.807, 2.05) is 17.0 Å². The number of carbonyl (C=O) groups is 1. The van der Waals surface area contributed by atoms with Gasteiger partial charge in [0.05, 0.1) is 6.04 Å². The van der Waals surface area contributed by atoms with Crippen molar-refractivity contribution in [1.29, 1.82) is 0 Å². The minimum atomic E-state index is -0.104. The maximum Gasteiger partial charge on any atom is 0.322 e.